The Labute approximate surface area is 101 Å². The van der Waals surface area contributed by atoms with Crippen molar-refractivity contribution in [3.63, 3.8) is 0 Å². The fourth-order valence-electron chi connectivity index (χ4n) is 2.06. The van der Waals surface area contributed by atoms with Crippen molar-refractivity contribution in [2.75, 3.05) is 5.32 Å². The molecule has 1 saturated carbocycles. The van der Waals surface area contributed by atoms with Crippen molar-refractivity contribution in [1.82, 2.24) is 9.55 Å². The van der Waals surface area contributed by atoms with Crippen LogP contribution in [0.15, 0.2) is 30.6 Å². The zero-order chi connectivity index (χ0) is 11.8. The topological polar surface area (TPSA) is 29.9 Å². The second kappa shape index (κ2) is 3.91. The van der Waals surface area contributed by atoms with Gasteiger partial charge in [-0.1, -0.05) is 12.1 Å². The fourth-order valence-corrected chi connectivity index (χ4v) is 2.06. The zero-order valence-corrected chi connectivity index (χ0v) is 10.3. The molecule has 1 aliphatic rings. The van der Waals surface area contributed by atoms with E-state index >= 15 is 0 Å². The van der Waals surface area contributed by atoms with Crippen LogP contribution in [-0.4, -0.2) is 9.55 Å². The minimum atomic E-state index is 0.658. The highest BCUT2D eigenvalue weighted by molar-refractivity contribution is 5.60. The molecule has 0 saturated heterocycles. The van der Waals surface area contributed by atoms with E-state index in [1.54, 1.807) is 0 Å². The maximum atomic E-state index is 4.40. The van der Waals surface area contributed by atoms with Gasteiger partial charge in [0.05, 0.1) is 0 Å². The number of benzene rings is 1. The van der Waals surface area contributed by atoms with Crippen molar-refractivity contribution in [2.45, 2.75) is 32.7 Å². The summed E-state index contributed by atoms with van der Waals surface area (Å²) < 4.78 is 2.24. The molecule has 0 amide bonds. The van der Waals surface area contributed by atoms with Crippen LogP contribution in [0.3, 0.4) is 0 Å². The van der Waals surface area contributed by atoms with Crippen LogP contribution in [0.4, 0.5) is 11.6 Å². The van der Waals surface area contributed by atoms with Gasteiger partial charge >= 0.3 is 0 Å². The number of aryl methyl sites for hydroxylation is 1. The van der Waals surface area contributed by atoms with Gasteiger partial charge in [-0.2, -0.15) is 0 Å². The Morgan fingerprint density at radius 1 is 1.29 bits per heavy atom. The molecule has 3 rings (SSSR count). The maximum Gasteiger partial charge on any atom is 0.207 e. The lowest BCUT2D eigenvalue weighted by molar-refractivity contribution is 0.751. The number of imidazole rings is 1. The van der Waals surface area contributed by atoms with Gasteiger partial charge in [0.2, 0.25) is 5.95 Å². The number of hydrogen-bond acceptors (Lipinski definition) is 2. The highest BCUT2D eigenvalue weighted by atomic mass is 15.2. The van der Waals surface area contributed by atoms with E-state index in [1.807, 2.05) is 6.20 Å². The molecule has 0 spiro atoms. The monoisotopic (exact) mass is 227 g/mol. The Hall–Kier alpha value is -1.77. The first-order valence-corrected chi connectivity index (χ1v) is 6.12. The van der Waals surface area contributed by atoms with Gasteiger partial charge in [-0.15, -0.1) is 0 Å². The van der Waals surface area contributed by atoms with E-state index in [9.17, 15) is 0 Å². The Kier molecular flexibility index (Phi) is 2.39. The molecule has 1 aliphatic carbocycles. The number of aromatic nitrogens is 2. The summed E-state index contributed by atoms with van der Waals surface area (Å²) in [5, 5.41) is 3.43. The number of nitrogens with one attached hydrogen (secondary N) is 1. The minimum absolute atomic E-state index is 0.658. The predicted molar refractivity (Wildman–Crippen MR) is 69.7 cm³/mol. The SMILES string of the molecule is Cc1cccc(Nc2nccn2C2CC2)c1C. The molecule has 0 bridgehead atoms. The lowest BCUT2D eigenvalue weighted by Crippen LogP contribution is -2.02. The fraction of sp³-hybridized carbons (Fsp3) is 0.357. The van der Waals surface area contributed by atoms with E-state index in [-0.39, 0.29) is 0 Å². The molecule has 88 valence electrons. The summed E-state index contributed by atoms with van der Waals surface area (Å²) in [5.74, 6) is 0.959. The lowest BCUT2D eigenvalue weighted by Gasteiger charge is -2.12. The Bertz CT molecular complexity index is 538. The molecule has 0 atom stereocenters. The molecule has 0 aliphatic heterocycles. The number of nitrogens with zero attached hydrogens (tertiary/aromatic N) is 2. The van der Waals surface area contributed by atoms with Crippen LogP contribution in [0.5, 0.6) is 0 Å². The van der Waals surface area contributed by atoms with Crippen molar-refractivity contribution in [2.24, 2.45) is 0 Å². The normalized spacial score (nSPS) is 14.9. The summed E-state index contributed by atoms with van der Waals surface area (Å²) in [6, 6.07) is 6.97. The molecule has 17 heavy (non-hydrogen) atoms. The molecule has 0 unspecified atom stereocenters. The first kappa shape index (κ1) is 10.4. The number of rotatable bonds is 3. The molecular weight excluding hydrogens is 210 g/mol. The standard InChI is InChI=1S/C14H17N3/c1-10-4-3-5-13(11(10)2)16-14-15-8-9-17(14)12-6-7-12/h3-5,8-9,12H,6-7H2,1-2H3,(H,15,16). The molecule has 0 radical (unpaired) electrons. The van der Waals surface area contributed by atoms with E-state index in [0.29, 0.717) is 6.04 Å². The van der Waals surface area contributed by atoms with Crippen molar-refractivity contribution in [3.8, 4) is 0 Å². The van der Waals surface area contributed by atoms with Crippen LogP contribution >= 0.6 is 0 Å². The first-order valence-electron chi connectivity index (χ1n) is 6.12. The van der Waals surface area contributed by atoms with Crippen molar-refractivity contribution in [1.29, 1.82) is 0 Å². The quantitative estimate of drug-likeness (QED) is 0.868. The first-order chi connectivity index (χ1) is 8.25. The highest BCUT2D eigenvalue weighted by Crippen LogP contribution is 2.37. The summed E-state index contributed by atoms with van der Waals surface area (Å²) in [5.41, 5.74) is 3.75. The molecule has 1 N–H and O–H groups in total. The van der Waals surface area contributed by atoms with E-state index < -0.39 is 0 Å². The smallest absolute Gasteiger partial charge is 0.207 e. The summed E-state index contributed by atoms with van der Waals surface area (Å²) >= 11 is 0. The third kappa shape index (κ3) is 1.93. The highest BCUT2D eigenvalue weighted by Gasteiger charge is 2.25. The van der Waals surface area contributed by atoms with Gasteiger partial charge in [-0.25, -0.2) is 4.98 Å². The Balaban J connectivity index is 1.91. The molecule has 1 fully saturated rings. The number of anilines is 2. The average molecular weight is 227 g/mol. The van der Waals surface area contributed by atoms with Crippen molar-refractivity contribution < 1.29 is 0 Å². The molecule has 3 heteroatoms. The summed E-state index contributed by atoms with van der Waals surface area (Å²) in [4.78, 5) is 4.40. The number of hydrogen-bond donors (Lipinski definition) is 1. The molecule has 3 nitrogen and oxygen atoms in total. The molecule has 2 aromatic rings. The van der Waals surface area contributed by atoms with Gasteiger partial charge in [-0.3, -0.25) is 0 Å². The molecule has 1 aromatic heterocycles. The predicted octanol–water partition coefficient (Wildman–Crippen LogP) is 3.58. The Morgan fingerprint density at radius 2 is 2.12 bits per heavy atom. The minimum Gasteiger partial charge on any atom is -0.325 e. The lowest BCUT2D eigenvalue weighted by atomic mass is 10.1. The largest absolute Gasteiger partial charge is 0.325 e. The summed E-state index contributed by atoms with van der Waals surface area (Å²) in [6.07, 6.45) is 6.48. The van der Waals surface area contributed by atoms with Crippen LogP contribution in [0, 0.1) is 13.8 Å². The third-order valence-corrected chi connectivity index (χ3v) is 3.46. The van der Waals surface area contributed by atoms with Crippen LogP contribution in [-0.2, 0) is 0 Å². The average Bonchev–Trinajstić information content (AvgIpc) is 3.06. The van der Waals surface area contributed by atoms with Crippen LogP contribution < -0.4 is 5.32 Å². The Morgan fingerprint density at radius 3 is 2.88 bits per heavy atom. The van der Waals surface area contributed by atoms with Crippen molar-refractivity contribution in [3.05, 3.63) is 41.7 Å². The van der Waals surface area contributed by atoms with Crippen LogP contribution in [0.2, 0.25) is 0 Å². The zero-order valence-electron chi connectivity index (χ0n) is 10.3. The van der Waals surface area contributed by atoms with Gasteiger partial charge in [0, 0.05) is 24.1 Å². The van der Waals surface area contributed by atoms with Crippen LogP contribution in [0.1, 0.15) is 30.0 Å². The molecule has 1 heterocycles. The van der Waals surface area contributed by atoms with Crippen LogP contribution in [0.25, 0.3) is 0 Å². The summed E-state index contributed by atoms with van der Waals surface area (Å²) in [6.45, 7) is 4.27. The van der Waals surface area contributed by atoms with E-state index in [4.69, 9.17) is 0 Å². The van der Waals surface area contributed by atoms with Gasteiger partial charge in [-0.05, 0) is 43.9 Å². The second-order valence-corrected chi connectivity index (χ2v) is 4.76. The molecular formula is C14H17N3. The second-order valence-electron chi connectivity index (χ2n) is 4.76. The van der Waals surface area contributed by atoms with E-state index in [0.717, 1.165) is 11.6 Å². The summed E-state index contributed by atoms with van der Waals surface area (Å²) in [7, 11) is 0. The van der Waals surface area contributed by atoms with Gasteiger partial charge in [0.25, 0.3) is 0 Å². The van der Waals surface area contributed by atoms with Crippen molar-refractivity contribution >= 4 is 11.6 Å². The van der Waals surface area contributed by atoms with E-state index in [2.05, 4.69) is 53.1 Å². The maximum absolute atomic E-state index is 4.40. The molecule has 1 aromatic carbocycles. The van der Waals surface area contributed by atoms with Gasteiger partial charge < -0.3 is 9.88 Å². The van der Waals surface area contributed by atoms with Gasteiger partial charge in [0.1, 0.15) is 0 Å². The third-order valence-electron chi connectivity index (χ3n) is 3.46. The van der Waals surface area contributed by atoms with Gasteiger partial charge in [0.15, 0.2) is 0 Å². The van der Waals surface area contributed by atoms with E-state index in [1.165, 1.54) is 24.0 Å².